The van der Waals surface area contributed by atoms with Crippen LogP contribution in [-0.4, -0.2) is 44.8 Å². The van der Waals surface area contributed by atoms with Gasteiger partial charge in [0, 0.05) is 24.7 Å². The molecule has 0 unspecified atom stereocenters. The lowest BCUT2D eigenvalue weighted by atomic mass is 9.84. The van der Waals surface area contributed by atoms with E-state index < -0.39 is 5.97 Å². The van der Waals surface area contributed by atoms with E-state index >= 15 is 0 Å². The number of carboxylic acids is 1. The molecule has 3 rings (SSSR count). The van der Waals surface area contributed by atoms with Gasteiger partial charge in [-0.2, -0.15) is 5.10 Å². The van der Waals surface area contributed by atoms with Gasteiger partial charge in [0.25, 0.3) is 0 Å². The van der Waals surface area contributed by atoms with E-state index in [0.717, 1.165) is 32.1 Å². The summed E-state index contributed by atoms with van der Waals surface area (Å²) in [6.45, 7) is 5.46. The molecule has 0 saturated carbocycles. The maximum Gasteiger partial charge on any atom is 0.338 e. The van der Waals surface area contributed by atoms with Crippen molar-refractivity contribution in [3.05, 3.63) is 53.9 Å². The summed E-state index contributed by atoms with van der Waals surface area (Å²) in [6.07, 6.45) is 7.41. The zero-order valence-electron chi connectivity index (χ0n) is 16.7. The second-order valence-corrected chi connectivity index (χ2v) is 8.26. The summed E-state index contributed by atoms with van der Waals surface area (Å²) in [5, 5.41) is 13.2. The molecule has 1 amide bonds. The van der Waals surface area contributed by atoms with E-state index in [1.165, 1.54) is 11.8 Å². The van der Waals surface area contributed by atoms with E-state index in [4.69, 9.17) is 5.11 Å². The summed E-state index contributed by atoms with van der Waals surface area (Å²) < 4.78 is 1.73. The van der Waals surface area contributed by atoms with Crippen molar-refractivity contribution in [2.75, 3.05) is 13.1 Å². The van der Waals surface area contributed by atoms with Crippen molar-refractivity contribution in [2.24, 2.45) is 5.41 Å². The van der Waals surface area contributed by atoms with Gasteiger partial charge in [0.05, 0.1) is 17.8 Å². The lowest BCUT2D eigenvalue weighted by Crippen LogP contribution is -2.45. The molecule has 0 bridgehead atoms. The highest BCUT2D eigenvalue weighted by Gasteiger charge is 2.34. The van der Waals surface area contributed by atoms with Gasteiger partial charge in [-0.15, -0.1) is 0 Å². The van der Waals surface area contributed by atoms with Gasteiger partial charge in [-0.05, 0) is 37.7 Å². The summed E-state index contributed by atoms with van der Waals surface area (Å²) in [5.41, 5.74) is 1.15. The normalized spacial score (nSPS) is 15.6. The van der Waals surface area contributed by atoms with Gasteiger partial charge in [-0.1, -0.05) is 44.2 Å². The fourth-order valence-corrected chi connectivity index (χ4v) is 3.90. The summed E-state index contributed by atoms with van der Waals surface area (Å²) in [5.74, 6) is -0.748. The van der Waals surface area contributed by atoms with Crippen molar-refractivity contribution in [1.82, 2.24) is 14.7 Å². The highest BCUT2D eigenvalue weighted by atomic mass is 16.4. The largest absolute Gasteiger partial charge is 0.478 e. The fraction of sp³-hybridized carbons (Fsp3) is 0.500. The molecule has 2 heterocycles. The zero-order chi connectivity index (χ0) is 20.1. The zero-order valence-corrected chi connectivity index (χ0v) is 16.7. The van der Waals surface area contributed by atoms with Gasteiger partial charge in [-0.25, -0.2) is 4.79 Å². The Morgan fingerprint density at radius 1 is 1.18 bits per heavy atom. The number of piperidine rings is 1. The molecule has 1 N–H and O–H groups in total. The number of hydrogen-bond donors (Lipinski definition) is 1. The van der Waals surface area contributed by atoms with Gasteiger partial charge in [-0.3, -0.25) is 9.48 Å². The molecule has 0 aliphatic carbocycles. The molecule has 0 spiro atoms. The average molecular weight is 383 g/mol. The Bertz CT molecular complexity index is 805. The number of aromatic nitrogens is 2. The maximum atomic E-state index is 13.0. The molecule has 2 aromatic rings. The number of hydrogen-bond acceptors (Lipinski definition) is 3. The smallest absolute Gasteiger partial charge is 0.338 e. The standard InChI is InChI=1S/C22H29N3O3/c1-22(2,12-6-9-17-7-4-3-5-8-17)21(28)24-13-10-19(11-14-24)25-16-18(15-23-25)20(26)27/h3-5,7-8,15-16,19H,6,9-14H2,1-2H3,(H,26,27). The second kappa shape index (κ2) is 8.59. The Balaban J connectivity index is 1.49. The molecule has 6 heteroatoms. The van der Waals surface area contributed by atoms with Gasteiger partial charge in [0.2, 0.25) is 5.91 Å². The number of carbonyl (C=O) groups excluding carboxylic acids is 1. The number of benzene rings is 1. The number of aromatic carboxylic acids is 1. The molecule has 1 aromatic carbocycles. The quantitative estimate of drug-likeness (QED) is 0.789. The molecule has 1 fully saturated rings. The lowest BCUT2D eigenvalue weighted by Gasteiger charge is -2.37. The molecule has 6 nitrogen and oxygen atoms in total. The first-order valence-corrected chi connectivity index (χ1v) is 9.97. The van der Waals surface area contributed by atoms with Crippen LogP contribution in [0.25, 0.3) is 0 Å². The monoisotopic (exact) mass is 383 g/mol. The lowest BCUT2D eigenvalue weighted by molar-refractivity contribution is -0.142. The van der Waals surface area contributed by atoms with Crippen molar-refractivity contribution in [3.63, 3.8) is 0 Å². The summed E-state index contributed by atoms with van der Waals surface area (Å²) in [6, 6.07) is 10.5. The second-order valence-electron chi connectivity index (χ2n) is 8.26. The number of carboxylic acid groups (broad SMARTS) is 1. The molecule has 28 heavy (non-hydrogen) atoms. The van der Waals surface area contributed by atoms with E-state index in [1.54, 1.807) is 10.9 Å². The first-order chi connectivity index (χ1) is 13.4. The van der Waals surface area contributed by atoms with Crippen molar-refractivity contribution >= 4 is 11.9 Å². The molecular weight excluding hydrogens is 354 g/mol. The number of nitrogens with zero attached hydrogens (tertiary/aromatic N) is 3. The third-order valence-corrected chi connectivity index (χ3v) is 5.66. The van der Waals surface area contributed by atoms with E-state index in [1.807, 2.05) is 24.8 Å². The Morgan fingerprint density at radius 3 is 2.46 bits per heavy atom. The van der Waals surface area contributed by atoms with Crippen LogP contribution in [0.15, 0.2) is 42.7 Å². The minimum Gasteiger partial charge on any atom is -0.478 e. The Labute approximate surface area is 166 Å². The van der Waals surface area contributed by atoms with E-state index in [2.05, 4.69) is 29.4 Å². The summed E-state index contributed by atoms with van der Waals surface area (Å²) in [7, 11) is 0. The predicted molar refractivity (Wildman–Crippen MR) is 107 cm³/mol. The van der Waals surface area contributed by atoms with Crippen molar-refractivity contribution in [2.45, 2.75) is 52.0 Å². The van der Waals surface area contributed by atoms with Crippen LogP contribution in [0.3, 0.4) is 0 Å². The van der Waals surface area contributed by atoms with Crippen LogP contribution in [0.5, 0.6) is 0 Å². The number of aryl methyl sites for hydroxylation is 1. The van der Waals surface area contributed by atoms with Crippen LogP contribution in [0.1, 0.15) is 61.5 Å². The van der Waals surface area contributed by atoms with E-state index in [-0.39, 0.29) is 22.9 Å². The Kier molecular flexibility index (Phi) is 6.17. The number of rotatable bonds is 7. The minimum atomic E-state index is -0.962. The van der Waals surface area contributed by atoms with Crippen molar-refractivity contribution in [1.29, 1.82) is 0 Å². The highest BCUT2D eigenvalue weighted by Crippen LogP contribution is 2.30. The molecule has 0 atom stereocenters. The third-order valence-electron chi connectivity index (χ3n) is 5.66. The van der Waals surface area contributed by atoms with Crippen LogP contribution in [0, 0.1) is 5.41 Å². The molecule has 1 saturated heterocycles. The average Bonchev–Trinajstić information content (AvgIpc) is 3.19. The number of carbonyl (C=O) groups is 2. The van der Waals surface area contributed by atoms with Gasteiger partial charge >= 0.3 is 5.97 Å². The molecule has 1 aromatic heterocycles. The molecular formula is C22H29N3O3. The van der Waals surface area contributed by atoms with E-state index in [9.17, 15) is 9.59 Å². The first kappa shape index (κ1) is 20.1. The van der Waals surface area contributed by atoms with Crippen LogP contribution in [0.2, 0.25) is 0 Å². The Hall–Kier alpha value is -2.63. The summed E-state index contributed by atoms with van der Waals surface area (Å²) in [4.78, 5) is 26.0. The van der Waals surface area contributed by atoms with Crippen LogP contribution in [-0.2, 0) is 11.2 Å². The van der Waals surface area contributed by atoms with Crippen molar-refractivity contribution in [3.8, 4) is 0 Å². The predicted octanol–water partition coefficient (Wildman–Crippen LogP) is 3.79. The number of likely N-dealkylation sites (tertiary alicyclic amines) is 1. The van der Waals surface area contributed by atoms with Crippen LogP contribution >= 0.6 is 0 Å². The first-order valence-electron chi connectivity index (χ1n) is 9.97. The third kappa shape index (κ3) is 4.80. The number of amides is 1. The summed E-state index contributed by atoms with van der Waals surface area (Å²) >= 11 is 0. The van der Waals surface area contributed by atoms with Crippen LogP contribution in [0.4, 0.5) is 0 Å². The Morgan fingerprint density at radius 2 is 1.86 bits per heavy atom. The van der Waals surface area contributed by atoms with Gasteiger partial charge in [0.1, 0.15) is 0 Å². The molecule has 1 aliphatic rings. The van der Waals surface area contributed by atoms with Crippen molar-refractivity contribution < 1.29 is 14.7 Å². The van der Waals surface area contributed by atoms with E-state index in [0.29, 0.717) is 13.1 Å². The fourth-order valence-electron chi connectivity index (χ4n) is 3.90. The molecule has 150 valence electrons. The van der Waals surface area contributed by atoms with Crippen LogP contribution < -0.4 is 0 Å². The molecule has 0 radical (unpaired) electrons. The van der Waals surface area contributed by atoms with Gasteiger partial charge in [0.15, 0.2) is 0 Å². The minimum absolute atomic E-state index is 0.151. The topological polar surface area (TPSA) is 75.4 Å². The SMILES string of the molecule is CC(C)(CCCc1ccccc1)C(=O)N1CCC(n2cc(C(=O)O)cn2)CC1. The maximum absolute atomic E-state index is 13.0. The molecule has 1 aliphatic heterocycles. The van der Waals surface area contributed by atoms with Gasteiger partial charge < -0.3 is 10.0 Å². The highest BCUT2D eigenvalue weighted by molar-refractivity contribution is 5.86.